The lowest BCUT2D eigenvalue weighted by atomic mass is 10.2. The van der Waals surface area contributed by atoms with E-state index in [-0.39, 0.29) is 24.5 Å². The monoisotopic (exact) mass is 267 g/mol. The minimum absolute atomic E-state index is 0.0252. The van der Waals surface area contributed by atoms with Crippen LogP contribution in [0.25, 0.3) is 6.08 Å². The zero-order valence-corrected chi connectivity index (χ0v) is 10.6. The van der Waals surface area contributed by atoms with Crippen LogP contribution in [0.5, 0.6) is 0 Å². The largest absolute Gasteiger partial charge is 0.462 e. The number of hydrogen-bond acceptors (Lipinski definition) is 6. The summed E-state index contributed by atoms with van der Waals surface area (Å²) < 4.78 is 9.97. The van der Waals surface area contributed by atoms with Gasteiger partial charge in [0.2, 0.25) is 11.8 Å². The fraction of sp³-hybridized carbons (Fsp3) is 0.333. The molecule has 0 fully saturated rings. The second-order valence-corrected chi connectivity index (χ2v) is 3.84. The number of hydrogen-bond donors (Lipinski definition) is 3. The van der Waals surface area contributed by atoms with Crippen LogP contribution in [0.15, 0.2) is 16.6 Å². The van der Waals surface area contributed by atoms with E-state index in [1.807, 2.05) is 0 Å². The van der Waals surface area contributed by atoms with Gasteiger partial charge in [0, 0.05) is 18.5 Å². The van der Waals surface area contributed by atoms with Gasteiger partial charge in [0.1, 0.15) is 11.3 Å². The molecule has 1 atom stereocenters. The van der Waals surface area contributed by atoms with E-state index >= 15 is 0 Å². The SMILES string of the molecule is CCOC(=O)c1cc(/C=C/C(N)CC(N)=O)oc1N. The van der Waals surface area contributed by atoms with Crippen LogP contribution >= 0.6 is 0 Å². The second-order valence-electron chi connectivity index (χ2n) is 3.84. The van der Waals surface area contributed by atoms with Gasteiger partial charge in [-0.3, -0.25) is 4.79 Å². The fourth-order valence-corrected chi connectivity index (χ4v) is 1.39. The summed E-state index contributed by atoms with van der Waals surface area (Å²) in [5.74, 6) is -0.727. The number of anilines is 1. The van der Waals surface area contributed by atoms with Crippen molar-refractivity contribution in [2.45, 2.75) is 19.4 Å². The number of amides is 1. The van der Waals surface area contributed by atoms with Crippen molar-refractivity contribution in [1.82, 2.24) is 0 Å². The maximum absolute atomic E-state index is 11.5. The minimum Gasteiger partial charge on any atom is -0.462 e. The third-order valence-corrected chi connectivity index (χ3v) is 2.22. The molecule has 0 spiro atoms. The van der Waals surface area contributed by atoms with Crippen molar-refractivity contribution in [1.29, 1.82) is 0 Å². The molecule has 104 valence electrons. The van der Waals surface area contributed by atoms with Gasteiger partial charge in [-0.2, -0.15) is 0 Å². The molecule has 1 amide bonds. The first-order valence-electron chi connectivity index (χ1n) is 5.72. The van der Waals surface area contributed by atoms with Gasteiger partial charge in [-0.05, 0) is 13.0 Å². The van der Waals surface area contributed by atoms with Crippen molar-refractivity contribution >= 4 is 23.8 Å². The summed E-state index contributed by atoms with van der Waals surface area (Å²) in [7, 11) is 0. The summed E-state index contributed by atoms with van der Waals surface area (Å²) in [6.07, 6.45) is 3.09. The van der Waals surface area contributed by atoms with Gasteiger partial charge < -0.3 is 26.4 Å². The first-order valence-corrected chi connectivity index (χ1v) is 5.72. The molecule has 7 nitrogen and oxygen atoms in total. The molecule has 0 radical (unpaired) electrons. The lowest BCUT2D eigenvalue weighted by Crippen LogP contribution is -2.25. The molecule has 0 aliphatic rings. The van der Waals surface area contributed by atoms with Gasteiger partial charge in [-0.1, -0.05) is 6.08 Å². The summed E-state index contributed by atoms with van der Waals surface area (Å²) in [6, 6.07) is 0.927. The van der Waals surface area contributed by atoms with Crippen molar-refractivity contribution in [2.24, 2.45) is 11.5 Å². The highest BCUT2D eigenvalue weighted by molar-refractivity contribution is 5.94. The van der Waals surface area contributed by atoms with Crippen LogP contribution in [-0.4, -0.2) is 24.5 Å². The van der Waals surface area contributed by atoms with E-state index in [2.05, 4.69) is 0 Å². The maximum atomic E-state index is 11.5. The molecule has 19 heavy (non-hydrogen) atoms. The van der Waals surface area contributed by atoms with Gasteiger partial charge in [0.25, 0.3) is 0 Å². The molecule has 0 aliphatic carbocycles. The quantitative estimate of drug-likeness (QED) is 0.632. The zero-order valence-electron chi connectivity index (χ0n) is 10.6. The number of ether oxygens (including phenoxy) is 1. The number of carbonyl (C=O) groups is 2. The van der Waals surface area contributed by atoms with Crippen molar-refractivity contribution in [3.05, 3.63) is 23.5 Å². The molecule has 6 N–H and O–H groups in total. The summed E-state index contributed by atoms with van der Waals surface area (Å²) in [6.45, 7) is 1.94. The van der Waals surface area contributed by atoms with Crippen LogP contribution in [0, 0.1) is 0 Å². The Kier molecular flexibility index (Phi) is 5.13. The average Bonchev–Trinajstić information content (AvgIpc) is 2.67. The number of rotatable bonds is 6. The van der Waals surface area contributed by atoms with Gasteiger partial charge in [-0.25, -0.2) is 4.79 Å². The van der Waals surface area contributed by atoms with Gasteiger partial charge >= 0.3 is 5.97 Å². The zero-order chi connectivity index (χ0) is 14.4. The molecule has 1 rings (SSSR count). The minimum atomic E-state index is -0.551. The third kappa shape index (κ3) is 4.47. The number of esters is 1. The summed E-state index contributed by atoms with van der Waals surface area (Å²) in [5.41, 5.74) is 16.3. The topological polar surface area (TPSA) is 135 Å². The molecule has 0 saturated heterocycles. The van der Waals surface area contributed by atoms with E-state index in [0.29, 0.717) is 5.76 Å². The number of carbonyl (C=O) groups excluding carboxylic acids is 2. The molecule has 0 aromatic carbocycles. The molecule has 0 bridgehead atoms. The van der Waals surface area contributed by atoms with Gasteiger partial charge in [0.15, 0.2) is 0 Å². The predicted molar refractivity (Wildman–Crippen MR) is 69.9 cm³/mol. The van der Waals surface area contributed by atoms with Crippen molar-refractivity contribution < 1.29 is 18.7 Å². The van der Waals surface area contributed by atoms with Crippen LogP contribution in [0.2, 0.25) is 0 Å². The molecule has 1 heterocycles. The smallest absolute Gasteiger partial charge is 0.343 e. The standard InChI is InChI=1S/C12H17N3O4/c1-2-18-12(17)9-6-8(19-11(9)15)4-3-7(13)5-10(14)16/h3-4,6-7H,2,5,13,15H2,1H3,(H2,14,16)/b4-3+. The molecular weight excluding hydrogens is 250 g/mol. The lowest BCUT2D eigenvalue weighted by Gasteiger charge is -2.00. The van der Waals surface area contributed by atoms with Crippen LogP contribution in [-0.2, 0) is 9.53 Å². The highest BCUT2D eigenvalue weighted by Gasteiger charge is 2.15. The lowest BCUT2D eigenvalue weighted by molar-refractivity contribution is -0.118. The van der Waals surface area contributed by atoms with E-state index in [1.54, 1.807) is 6.92 Å². The highest BCUT2D eigenvalue weighted by Crippen LogP contribution is 2.20. The molecule has 0 aliphatic heterocycles. The Hall–Kier alpha value is -2.28. The first-order chi connectivity index (χ1) is 8.93. The number of primary amides is 1. The highest BCUT2D eigenvalue weighted by atomic mass is 16.5. The molecule has 1 aromatic heterocycles. The van der Waals surface area contributed by atoms with Gasteiger partial charge in [0.05, 0.1) is 6.61 Å². The van der Waals surface area contributed by atoms with E-state index in [0.717, 1.165) is 0 Å². The van der Waals surface area contributed by atoms with Crippen LogP contribution < -0.4 is 17.2 Å². The molecule has 0 saturated carbocycles. The first kappa shape index (κ1) is 14.8. The Morgan fingerprint density at radius 3 is 2.79 bits per heavy atom. The summed E-state index contributed by atoms with van der Waals surface area (Å²) >= 11 is 0. The van der Waals surface area contributed by atoms with E-state index in [9.17, 15) is 9.59 Å². The van der Waals surface area contributed by atoms with Crippen molar-refractivity contribution in [3.8, 4) is 0 Å². The Morgan fingerprint density at radius 2 is 2.21 bits per heavy atom. The van der Waals surface area contributed by atoms with E-state index in [4.69, 9.17) is 26.4 Å². The van der Waals surface area contributed by atoms with Crippen molar-refractivity contribution in [2.75, 3.05) is 12.3 Å². The normalized spacial score (nSPS) is 12.5. The van der Waals surface area contributed by atoms with E-state index < -0.39 is 17.9 Å². The molecular formula is C12H17N3O4. The Bertz CT molecular complexity index is 493. The molecule has 7 heteroatoms. The number of nitrogen functional groups attached to an aromatic ring is 1. The van der Waals surface area contributed by atoms with Crippen LogP contribution in [0.3, 0.4) is 0 Å². The van der Waals surface area contributed by atoms with Crippen molar-refractivity contribution in [3.63, 3.8) is 0 Å². The maximum Gasteiger partial charge on any atom is 0.343 e. The predicted octanol–water partition coefficient (Wildman–Crippen LogP) is 0.254. The Balaban J connectivity index is 2.75. The van der Waals surface area contributed by atoms with Crippen LogP contribution in [0.4, 0.5) is 5.88 Å². The second kappa shape index (κ2) is 6.60. The average molecular weight is 267 g/mol. The third-order valence-electron chi connectivity index (χ3n) is 2.22. The van der Waals surface area contributed by atoms with Gasteiger partial charge in [-0.15, -0.1) is 0 Å². The summed E-state index contributed by atoms with van der Waals surface area (Å²) in [4.78, 5) is 22.1. The van der Waals surface area contributed by atoms with Crippen LogP contribution in [0.1, 0.15) is 29.5 Å². The molecule has 1 aromatic rings. The number of nitrogens with two attached hydrogens (primary N) is 3. The Labute approximate surface area is 110 Å². The Morgan fingerprint density at radius 1 is 1.53 bits per heavy atom. The molecule has 1 unspecified atom stereocenters. The van der Waals surface area contributed by atoms with E-state index in [1.165, 1.54) is 18.2 Å². The number of furan rings is 1. The fourth-order valence-electron chi connectivity index (χ4n) is 1.39. The summed E-state index contributed by atoms with van der Waals surface area (Å²) in [5, 5.41) is 0.